The fourth-order valence-electron chi connectivity index (χ4n) is 1.77. The molecule has 0 aliphatic heterocycles. The largest absolute Gasteiger partial charge is 0.307 e. The molecule has 0 bridgehead atoms. The van der Waals surface area contributed by atoms with E-state index in [0.717, 1.165) is 5.56 Å². The van der Waals surface area contributed by atoms with Gasteiger partial charge in [0.1, 0.15) is 4.90 Å². The molecule has 0 atom stereocenters. The van der Waals surface area contributed by atoms with E-state index in [-0.39, 0.29) is 17.3 Å². The Morgan fingerprint density at radius 3 is 2.57 bits per heavy atom. The molecule has 0 unspecified atom stereocenters. The van der Waals surface area contributed by atoms with Crippen molar-refractivity contribution in [2.24, 2.45) is 5.84 Å². The van der Waals surface area contributed by atoms with Crippen LogP contribution in [0.3, 0.4) is 0 Å². The molecule has 0 aliphatic carbocycles. The van der Waals surface area contributed by atoms with Gasteiger partial charge in [0.25, 0.3) is 0 Å². The van der Waals surface area contributed by atoms with E-state index < -0.39 is 10.0 Å². The third-order valence-electron chi connectivity index (χ3n) is 2.82. The Bertz CT molecular complexity index is 704. The fraction of sp³-hybridized carbons (Fsp3) is 0.154. The number of nitrogen functional groups attached to an aromatic ring is 1. The topological polar surface area (TPSA) is 97.1 Å². The number of anilines is 1. The average molecular weight is 327 g/mol. The first kappa shape index (κ1) is 15.7. The minimum Gasteiger partial charge on any atom is -0.307 e. The SMILES string of the molecule is NNc1ncccc1S(=O)(=O)NCCc1ccc(Cl)cc1. The molecule has 1 aromatic carbocycles. The predicted octanol–water partition coefficient (Wildman–Crippen LogP) is 1.54. The minimum absolute atomic E-state index is 0.0172. The van der Waals surface area contributed by atoms with Crippen LogP contribution in [0.25, 0.3) is 0 Å². The van der Waals surface area contributed by atoms with Crippen molar-refractivity contribution in [3.63, 3.8) is 0 Å². The Morgan fingerprint density at radius 2 is 1.90 bits per heavy atom. The summed E-state index contributed by atoms with van der Waals surface area (Å²) in [4.78, 5) is 3.89. The van der Waals surface area contributed by atoms with E-state index in [0.29, 0.717) is 11.4 Å². The van der Waals surface area contributed by atoms with Gasteiger partial charge < -0.3 is 5.43 Å². The van der Waals surface area contributed by atoms with Crippen LogP contribution in [0.2, 0.25) is 5.02 Å². The molecule has 2 rings (SSSR count). The lowest BCUT2D eigenvalue weighted by molar-refractivity contribution is 0.581. The second-order valence-electron chi connectivity index (χ2n) is 4.27. The number of rotatable bonds is 6. The lowest BCUT2D eigenvalue weighted by Crippen LogP contribution is -2.27. The van der Waals surface area contributed by atoms with Crippen LogP contribution in [-0.2, 0) is 16.4 Å². The number of benzene rings is 1. The number of hydrogen-bond donors (Lipinski definition) is 3. The van der Waals surface area contributed by atoms with Crippen LogP contribution in [0.4, 0.5) is 5.82 Å². The number of pyridine rings is 1. The van der Waals surface area contributed by atoms with E-state index in [4.69, 9.17) is 17.4 Å². The minimum atomic E-state index is -3.66. The molecule has 112 valence electrons. The highest BCUT2D eigenvalue weighted by Gasteiger charge is 2.18. The average Bonchev–Trinajstić information content (AvgIpc) is 2.49. The van der Waals surface area contributed by atoms with Crippen molar-refractivity contribution in [3.05, 3.63) is 53.2 Å². The molecule has 2 aromatic rings. The number of sulfonamides is 1. The Hall–Kier alpha value is -1.67. The number of nitrogens with one attached hydrogen (secondary N) is 2. The molecule has 0 spiro atoms. The van der Waals surface area contributed by atoms with Crippen molar-refractivity contribution in [1.82, 2.24) is 9.71 Å². The summed E-state index contributed by atoms with van der Waals surface area (Å²) in [6, 6.07) is 10.2. The van der Waals surface area contributed by atoms with Gasteiger partial charge in [-0.05, 0) is 36.2 Å². The van der Waals surface area contributed by atoms with E-state index in [1.807, 2.05) is 12.1 Å². The lowest BCUT2D eigenvalue weighted by atomic mass is 10.2. The summed E-state index contributed by atoms with van der Waals surface area (Å²) in [5.74, 6) is 5.37. The molecule has 0 fully saturated rings. The molecule has 4 N–H and O–H groups in total. The molecule has 1 aromatic heterocycles. The first-order chi connectivity index (χ1) is 10.0. The summed E-state index contributed by atoms with van der Waals surface area (Å²) in [7, 11) is -3.66. The molecule has 21 heavy (non-hydrogen) atoms. The summed E-state index contributed by atoms with van der Waals surface area (Å²) in [6.07, 6.45) is 2.02. The molecule has 0 radical (unpaired) electrons. The number of hydrazine groups is 1. The summed E-state index contributed by atoms with van der Waals surface area (Å²) in [5.41, 5.74) is 3.26. The van der Waals surface area contributed by atoms with Gasteiger partial charge in [0.2, 0.25) is 10.0 Å². The smallest absolute Gasteiger partial charge is 0.244 e. The summed E-state index contributed by atoms with van der Waals surface area (Å²) in [6.45, 7) is 0.267. The first-order valence-corrected chi connectivity index (χ1v) is 8.05. The number of hydrogen-bond acceptors (Lipinski definition) is 5. The fourth-order valence-corrected chi connectivity index (χ4v) is 3.05. The van der Waals surface area contributed by atoms with Gasteiger partial charge in [-0.1, -0.05) is 23.7 Å². The van der Waals surface area contributed by atoms with Crippen molar-refractivity contribution in [2.45, 2.75) is 11.3 Å². The van der Waals surface area contributed by atoms with Crippen molar-refractivity contribution in [3.8, 4) is 0 Å². The summed E-state index contributed by atoms with van der Waals surface area (Å²) >= 11 is 5.79. The molecule has 0 amide bonds. The van der Waals surface area contributed by atoms with Gasteiger partial charge in [0.05, 0.1) is 0 Å². The molecule has 8 heteroatoms. The Labute approximate surface area is 128 Å². The number of nitrogens with two attached hydrogens (primary N) is 1. The highest BCUT2D eigenvalue weighted by molar-refractivity contribution is 7.89. The van der Waals surface area contributed by atoms with Gasteiger partial charge in [-0.25, -0.2) is 24.0 Å². The highest BCUT2D eigenvalue weighted by Crippen LogP contribution is 2.16. The van der Waals surface area contributed by atoms with Crippen LogP contribution < -0.4 is 16.0 Å². The lowest BCUT2D eigenvalue weighted by Gasteiger charge is -2.10. The quantitative estimate of drug-likeness (QED) is 0.552. The molecule has 0 saturated heterocycles. The molecule has 0 aliphatic rings. The van der Waals surface area contributed by atoms with Gasteiger partial charge in [-0.2, -0.15) is 0 Å². The molecule has 0 saturated carbocycles. The zero-order valence-electron chi connectivity index (χ0n) is 11.1. The third kappa shape index (κ3) is 4.15. The molecule has 1 heterocycles. The standard InChI is InChI=1S/C13H15ClN4O2S/c14-11-5-3-10(4-6-11)7-9-17-21(19,20)12-2-1-8-16-13(12)18-15/h1-6,8,17H,7,9,15H2,(H,16,18). The number of aromatic nitrogens is 1. The maximum absolute atomic E-state index is 12.2. The first-order valence-electron chi connectivity index (χ1n) is 6.18. The second-order valence-corrected chi connectivity index (χ2v) is 6.44. The maximum atomic E-state index is 12.2. The Kier molecular flexibility index (Phi) is 5.13. The molecular formula is C13H15ClN4O2S. The van der Waals surface area contributed by atoms with E-state index >= 15 is 0 Å². The third-order valence-corrected chi connectivity index (χ3v) is 4.56. The van der Waals surface area contributed by atoms with Crippen molar-refractivity contribution in [1.29, 1.82) is 0 Å². The van der Waals surface area contributed by atoms with Gasteiger partial charge in [-0.15, -0.1) is 0 Å². The van der Waals surface area contributed by atoms with E-state index in [9.17, 15) is 8.42 Å². The normalized spacial score (nSPS) is 11.3. The maximum Gasteiger partial charge on any atom is 0.244 e. The monoisotopic (exact) mass is 326 g/mol. The second kappa shape index (κ2) is 6.86. The van der Waals surface area contributed by atoms with Gasteiger partial charge in [0, 0.05) is 17.8 Å². The van der Waals surface area contributed by atoms with Crippen molar-refractivity contribution < 1.29 is 8.42 Å². The van der Waals surface area contributed by atoms with Gasteiger partial charge >= 0.3 is 0 Å². The van der Waals surface area contributed by atoms with Crippen LogP contribution >= 0.6 is 11.6 Å². The van der Waals surface area contributed by atoms with Crippen LogP contribution in [0, 0.1) is 0 Å². The predicted molar refractivity (Wildman–Crippen MR) is 82.4 cm³/mol. The van der Waals surface area contributed by atoms with Crippen LogP contribution in [-0.4, -0.2) is 19.9 Å². The van der Waals surface area contributed by atoms with Crippen LogP contribution in [0.15, 0.2) is 47.5 Å². The molecular weight excluding hydrogens is 312 g/mol. The summed E-state index contributed by atoms with van der Waals surface area (Å²) < 4.78 is 26.9. The summed E-state index contributed by atoms with van der Waals surface area (Å²) in [5, 5.41) is 0.647. The number of nitrogens with zero attached hydrogens (tertiary/aromatic N) is 1. The van der Waals surface area contributed by atoms with Crippen LogP contribution in [0.5, 0.6) is 0 Å². The zero-order chi connectivity index (χ0) is 15.3. The molecule has 6 nitrogen and oxygen atoms in total. The van der Waals surface area contributed by atoms with E-state index in [1.165, 1.54) is 18.3 Å². The number of halogens is 1. The van der Waals surface area contributed by atoms with Gasteiger partial charge in [0.15, 0.2) is 5.82 Å². The van der Waals surface area contributed by atoms with Crippen LogP contribution in [0.1, 0.15) is 5.56 Å². The van der Waals surface area contributed by atoms with E-state index in [1.54, 1.807) is 12.1 Å². The zero-order valence-corrected chi connectivity index (χ0v) is 12.7. The van der Waals surface area contributed by atoms with E-state index in [2.05, 4.69) is 15.1 Å². The van der Waals surface area contributed by atoms with Gasteiger partial charge in [-0.3, -0.25) is 0 Å². The Balaban J connectivity index is 2.03. The highest BCUT2D eigenvalue weighted by atomic mass is 35.5. The van der Waals surface area contributed by atoms with Crippen molar-refractivity contribution >= 4 is 27.4 Å². The van der Waals surface area contributed by atoms with Crippen molar-refractivity contribution in [2.75, 3.05) is 12.0 Å². The Morgan fingerprint density at radius 1 is 1.19 bits per heavy atom.